The van der Waals surface area contributed by atoms with Gasteiger partial charge in [0.15, 0.2) is 0 Å². The van der Waals surface area contributed by atoms with Crippen LogP contribution in [0.3, 0.4) is 0 Å². The van der Waals surface area contributed by atoms with E-state index in [0.29, 0.717) is 0 Å². The molecule has 0 aromatic heterocycles. The third-order valence-corrected chi connectivity index (χ3v) is 3.73. The van der Waals surface area contributed by atoms with Crippen LogP contribution < -0.4 is 13.8 Å². The number of carbonyl (C=O) groups is 1. The average Bonchev–Trinajstić information content (AvgIpc) is 2.60. The molecule has 0 spiro atoms. The van der Waals surface area contributed by atoms with Crippen LogP contribution in [0.25, 0.3) is 0 Å². The summed E-state index contributed by atoms with van der Waals surface area (Å²) in [5.41, 5.74) is 0.253. The average molecular weight is 286 g/mol. The number of anilines is 1. The zero-order valence-electron chi connectivity index (χ0n) is 9.68. The van der Waals surface area contributed by atoms with Crippen LogP contribution in [-0.2, 0) is 15.0 Å². The number of benzene rings is 1. The van der Waals surface area contributed by atoms with E-state index >= 15 is 0 Å². The van der Waals surface area contributed by atoms with E-state index < -0.39 is 23.2 Å². The van der Waals surface area contributed by atoms with Crippen molar-refractivity contribution < 1.29 is 28.0 Å². The van der Waals surface area contributed by atoms with Gasteiger partial charge in [-0.25, -0.2) is 9.03 Å². The summed E-state index contributed by atoms with van der Waals surface area (Å²) in [6.45, 7) is -0.637. The van der Waals surface area contributed by atoms with Crippen molar-refractivity contribution in [2.75, 3.05) is 17.4 Å². The highest BCUT2D eigenvalue weighted by molar-refractivity contribution is 7.92. The van der Waals surface area contributed by atoms with Crippen molar-refractivity contribution in [1.82, 2.24) is 4.72 Å². The highest BCUT2D eigenvalue weighted by atomic mass is 32.2. The minimum atomic E-state index is -3.86. The fourth-order valence-electron chi connectivity index (χ4n) is 1.58. The summed E-state index contributed by atoms with van der Waals surface area (Å²) in [4.78, 5) is 11.1. The maximum Gasteiger partial charge on any atom is 0.491 e. The van der Waals surface area contributed by atoms with Crippen LogP contribution >= 0.6 is 0 Å². The lowest BCUT2D eigenvalue weighted by atomic mass is 9.95. The third kappa shape index (κ3) is 3.16. The van der Waals surface area contributed by atoms with Crippen molar-refractivity contribution in [1.29, 1.82) is 0 Å². The number of carbonyl (C=O) groups excluding carboxylic acids is 1. The monoisotopic (exact) mass is 286 g/mol. The van der Waals surface area contributed by atoms with Crippen molar-refractivity contribution in [3.63, 3.8) is 0 Å². The Morgan fingerprint density at radius 3 is 2.74 bits per heavy atom. The number of nitrogens with one attached hydrogen (secondary N) is 1. The van der Waals surface area contributed by atoms with Crippen LogP contribution in [0.4, 0.5) is 5.69 Å². The summed E-state index contributed by atoms with van der Waals surface area (Å²) < 4.78 is 31.0. The molecule has 1 aromatic rings. The van der Waals surface area contributed by atoms with E-state index in [1.807, 2.05) is 4.72 Å². The summed E-state index contributed by atoms with van der Waals surface area (Å²) in [5.74, 6) is -0.350. The van der Waals surface area contributed by atoms with Gasteiger partial charge in [0.25, 0.3) is 5.91 Å². The quantitative estimate of drug-likeness (QED) is 0.566. The first-order valence-electron chi connectivity index (χ1n) is 5.31. The van der Waals surface area contributed by atoms with Crippen LogP contribution in [0.15, 0.2) is 24.3 Å². The first kappa shape index (κ1) is 13.7. The standard InChI is InChI=1S/C9H11BN2O6S/c13-9-5-12(19(16,17)11-9)7-2-1-3-8(4-7)18-6-10(14)15/h1-4,14-15H,5-6H2,(H,11,13). The highest BCUT2D eigenvalue weighted by Crippen LogP contribution is 2.24. The molecule has 1 aromatic carbocycles. The normalized spacial score (nSPS) is 17.2. The highest BCUT2D eigenvalue weighted by Gasteiger charge is 2.34. The van der Waals surface area contributed by atoms with Gasteiger partial charge in [-0.3, -0.25) is 4.79 Å². The smallest absolute Gasteiger partial charge is 0.491 e. The molecule has 1 amide bonds. The Morgan fingerprint density at radius 2 is 2.16 bits per heavy atom. The molecule has 1 heterocycles. The van der Waals surface area contributed by atoms with Gasteiger partial charge in [0.05, 0.1) is 5.69 Å². The largest absolute Gasteiger partial charge is 0.496 e. The maximum atomic E-state index is 11.6. The molecule has 102 valence electrons. The van der Waals surface area contributed by atoms with E-state index in [-0.39, 0.29) is 24.5 Å². The molecular weight excluding hydrogens is 275 g/mol. The second kappa shape index (κ2) is 5.07. The summed E-state index contributed by atoms with van der Waals surface area (Å²) in [5, 5.41) is 17.4. The van der Waals surface area contributed by atoms with E-state index in [9.17, 15) is 13.2 Å². The molecule has 8 nitrogen and oxygen atoms in total. The molecule has 10 heteroatoms. The molecule has 0 bridgehead atoms. The minimum absolute atomic E-state index is 0.253. The fourth-order valence-corrected chi connectivity index (χ4v) is 2.72. The summed E-state index contributed by atoms with van der Waals surface area (Å²) in [6.07, 6.45) is 0. The first-order chi connectivity index (χ1) is 8.88. The lowest BCUT2D eigenvalue weighted by molar-refractivity contribution is -0.117. The lowest BCUT2D eigenvalue weighted by Crippen LogP contribution is -2.29. The summed E-state index contributed by atoms with van der Waals surface area (Å²) in [7, 11) is -5.48. The Bertz CT molecular complexity index is 590. The van der Waals surface area contributed by atoms with Crippen LogP contribution in [0.2, 0.25) is 0 Å². The number of rotatable bonds is 4. The molecule has 19 heavy (non-hydrogen) atoms. The van der Waals surface area contributed by atoms with Gasteiger partial charge < -0.3 is 14.8 Å². The Hall–Kier alpha value is -1.78. The molecular formula is C9H11BN2O6S. The van der Waals surface area contributed by atoms with E-state index in [1.165, 1.54) is 24.3 Å². The van der Waals surface area contributed by atoms with Crippen molar-refractivity contribution in [3.05, 3.63) is 24.3 Å². The van der Waals surface area contributed by atoms with Crippen LogP contribution in [0, 0.1) is 0 Å². The van der Waals surface area contributed by atoms with Crippen molar-refractivity contribution in [2.24, 2.45) is 0 Å². The zero-order chi connectivity index (χ0) is 14.0. The van der Waals surface area contributed by atoms with E-state index in [4.69, 9.17) is 14.8 Å². The van der Waals surface area contributed by atoms with Crippen LogP contribution in [0.1, 0.15) is 0 Å². The van der Waals surface area contributed by atoms with E-state index in [1.54, 1.807) is 0 Å². The van der Waals surface area contributed by atoms with E-state index in [0.717, 1.165) is 4.31 Å². The molecule has 0 atom stereocenters. The Morgan fingerprint density at radius 1 is 1.42 bits per heavy atom. The molecule has 3 N–H and O–H groups in total. The van der Waals surface area contributed by atoms with Gasteiger partial charge in [-0.1, -0.05) is 6.07 Å². The predicted molar refractivity (Wildman–Crippen MR) is 66.5 cm³/mol. The molecule has 0 radical (unpaired) electrons. The van der Waals surface area contributed by atoms with Gasteiger partial charge >= 0.3 is 17.3 Å². The van der Waals surface area contributed by atoms with Crippen LogP contribution in [0.5, 0.6) is 5.75 Å². The second-order valence-corrected chi connectivity index (χ2v) is 5.42. The summed E-state index contributed by atoms with van der Waals surface area (Å²) in [6, 6.07) is 5.96. The lowest BCUT2D eigenvalue weighted by Gasteiger charge is -2.15. The van der Waals surface area contributed by atoms with Gasteiger partial charge in [0.2, 0.25) is 0 Å². The van der Waals surface area contributed by atoms with Crippen molar-refractivity contribution in [2.45, 2.75) is 0 Å². The SMILES string of the molecule is O=C1CN(c2cccc(OCB(O)O)c2)S(=O)(=O)N1. The zero-order valence-corrected chi connectivity index (χ0v) is 10.5. The third-order valence-electron chi connectivity index (χ3n) is 2.32. The van der Waals surface area contributed by atoms with Crippen molar-refractivity contribution >= 4 is 28.9 Å². The number of nitrogens with zero attached hydrogens (tertiary/aromatic N) is 1. The van der Waals surface area contributed by atoms with Crippen LogP contribution in [-0.4, -0.2) is 44.5 Å². The van der Waals surface area contributed by atoms with Gasteiger partial charge in [0.1, 0.15) is 18.8 Å². The predicted octanol–water partition coefficient (Wildman–Crippen LogP) is -1.74. The Kier molecular flexibility index (Phi) is 3.65. The molecule has 0 aliphatic carbocycles. The van der Waals surface area contributed by atoms with Gasteiger partial charge in [-0.2, -0.15) is 8.42 Å². The summed E-state index contributed by atoms with van der Waals surface area (Å²) >= 11 is 0. The molecule has 0 unspecified atom stereocenters. The molecule has 1 saturated heterocycles. The topological polar surface area (TPSA) is 116 Å². The van der Waals surface area contributed by atoms with Gasteiger partial charge in [-0.15, -0.1) is 0 Å². The first-order valence-corrected chi connectivity index (χ1v) is 6.75. The number of hydrogen-bond donors (Lipinski definition) is 3. The Balaban J connectivity index is 2.21. The minimum Gasteiger partial charge on any atom is -0.496 e. The maximum absolute atomic E-state index is 11.6. The molecule has 1 aliphatic heterocycles. The van der Waals surface area contributed by atoms with Gasteiger partial charge in [-0.05, 0) is 12.1 Å². The molecule has 0 saturated carbocycles. The molecule has 1 fully saturated rings. The van der Waals surface area contributed by atoms with Crippen molar-refractivity contribution in [3.8, 4) is 5.75 Å². The number of amides is 1. The Labute approximate surface area is 109 Å². The molecule has 1 aliphatic rings. The van der Waals surface area contributed by atoms with E-state index in [2.05, 4.69) is 0 Å². The second-order valence-electron chi connectivity index (χ2n) is 3.83. The number of ether oxygens (including phenoxy) is 1. The molecule has 2 rings (SSSR count). The fraction of sp³-hybridized carbons (Fsp3) is 0.222. The van der Waals surface area contributed by atoms with Gasteiger partial charge in [0, 0.05) is 6.07 Å². The number of hydrogen-bond acceptors (Lipinski definition) is 6.